The van der Waals surface area contributed by atoms with Crippen LogP contribution in [-0.4, -0.2) is 40.1 Å². The van der Waals surface area contributed by atoms with Gasteiger partial charge in [-0.2, -0.15) is 5.10 Å². The summed E-state index contributed by atoms with van der Waals surface area (Å²) in [5.41, 5.74) is 4.18. The average Bonchev–Trinajstić information content (AvgIpc) is 3.06. The summed E-state index contributed by atoms with van der Waals surface area (Å²) in [6.07, 6.45) is 2.46. The number of aromatic nitrogens is 3. The zero-order valence-corrected chi connectivity index (χ0v) is 15.6. The van der Waals surface area contributed by atoms with Gasteiger partial charge >= 0.3 is 0 Å². The van der Waals surface area contributed by atoms with E-state index in [0.29, 0.717) is 17.8 Å². The van der Waals surface area contributed by atoms with Gasteiger partial charge in [0.2, 0.25) is 0 Å². The lowest BCUT2D eigenvalue weighted by molar-refractivity contribution is 0.0955. The molecule has 1 amide bonds. The highest BCUT2D eigenvalue weighted by Crippen LogP contribution is 2.13. The molecule has 136 valence electrons. The van der Waals surface area contributed by atoms with Crippen LogP contribution in [0.2, 0.25) is 0 Å². The minimum absolute atomic E-state index is 0.125. The van der Waals surface area contributed by atoms with Crippen LogP contribution in [0, 0.1) is 13.8 Å². The van der Waals surface area contributed by atoms with Crippen molar-refractivity contribution in [3.63, 3.8) is 0 Å². The van der Waals surface area contributed by atoms with Gasteiger partial charge in [0, 0.05) is 36.7 Å². The van der Waals surface area contributed by atoms with Crippen LogP contribution in [0.15, 0.2) is 42.6 Å². The van der Waals surface area contributed by atoms with Crippen molar-refractivity contribution in [2.75, 3.05) is 24.5 Å². The van der Waals surface area contributed by atoms with Gasteiger partial charge in [-0.25, -0.2) is 9.50 Å². The average molecular weight is 351 g/mol. The third-order valence-electron chi connectivity index (χ3n) is 4.42. The van der Waals surface area contributed by atoms with Crippen molar-refractivity contribution in [1.29, 1.82) is 0 Å². The van der Waals surface area contributed by atoms with Crippen molar-refractivity contribution in [1.82, 2.24) is 19.9 Å². The number of fused-ring (bicyclic) bond motifs is 1. The van der Waals surface area contributed by atoms with E-state index in [1.807, 2.05) is 38.1 Å². The van der Waals surface area contributed by atoms with Gasteiger partial charge in [-0.3, -0.25) is 4.79 Å². The van der Waals surface area contributed by atoms with Gasteiger partial charge in [-0.05, 0) is 45.4 Å². The summed E-state index contributed by atoms with van der Waals surface area (Å²) in [7, 11) is 0. The van der Waals surface area contributed by atoms with Crippen LogP contribution in [-0.2, 0) is 0 Å². The highest BCUT2D eigenvalue weighted by Gasteiger charge is 2.15. The molecule has 0 spiro atoms. The zero-order valence-electron chi connectivity index (χ0n) is 15.6. The molecule has 6 nitrogen and oxygen atoms in total. The van der Waals surface area contributed by atoms with Gasteiger partial charge in [0.1, 0.15) is 5.56 Å². The molecule has 2 aromatic heterocycles. The number of benzene rings is 1. The molecule has 0 aliphatic carbocycles. The SMILES string of the molecule is CCN(CCCNC(=O)c1cnn2c(C)cc(C)nc12)c1ccccc1. The maximum Gasteiger partial charge on any atom is 0.256 e. The molecule has 2 heterocycles. The van der Waals surface area contributed by atoms with E-state index in [1.54, 1.807) is 10.7 Å². The first kappa shape index (κ1) is 17.9. The normalized spacial score (nSPS) is 10.9. The fourth-order valence-electron chi connectivity index (χ4n) is 3.11. The molecule has 1 N–H and O–H groups in total. The number of nitrogens with zero attached hydrogens (tertiary/aromatic N) is 4. The molecule has 0 radical (unpaired) electrons. The molecule has 3 rings (SSSR count). The molecule has 0 bridgehead atoms. The summed E-state index contributed by atoms with van der Waals surface area (Å²) < 4.78 is 1.70. The second kappa shape index (κ2) is 7.99. The molecule has 0 atom stereocenters. The van der Waals surface area contributed by atoms with Crippen LogP contribution in [0.3, 0.4) is 0 Å². The van der Waals surface area contributed by atoms with Gasteiger partial charge in [-0.1, -0.05) is 18.2 Å². The Hall–Kier alpha value is -2.89. The van der Waals surface area contributed by atoms with Gasteiger partial charge in [0.05, 0.1) is 6.20 Å². The van der Waals surface area contributed by atoms with Crippen molar-refractivity contribution in [3.8, 4) is 0 Å². The molecule has 1 aromatic carbocycles. The summed E-state index contributed by atoms with van der Waals surface area (Å²) in [5, 5.41) is 7.26. The Labute approximate surface area is 153 Å². The fourth-order valence-corrected chi connectivity index (χ4v) is 3.11. The number of rotatable bonds is 7. The van der Waals surface area contributed by atoms with E-state index >= 15 is 0 Å². The third kappa shape index (κ3) is 3.85. The van der Waals surface area contributed by atoms with Crippen LogP contribution >= 0.6 is 0 Å². The molecular formula is C20H25N5O. The Kier molecular flexibility index (Phi) is 5.51. The van der Waals surface area contributed by atoms with E-state index in [0.717, 1.165) is 30.9 Å². The van der Waals surface area contributed by atoms with E-state index in [2.05, 4.69) is 39.4 Å². The Morgan fingerprint density at radius 3 is 2.73 bits per heavy atom. The first-order valence-corrected chi connectivity index (χ1v) is 9.00. The number of hydrogen-bond donors (Lipinski definition) is 1. The van der Waals surface area contributed by atoms with Crippen LogP contribution in [0.25, 0.3) is 5.65 Å². The fraction of sp³-hybridized carbons (Fsp3) is 0.350. The molecule has 0 unspecified atom stereocenters. The molecule has 0 aliphatic heterocycles. The molecule has 3 aromatic rings. The van der Waals surface area contributed by atoms with Crippen LogP contribution in [0.1, 0.15) is 35.1 Å². The Bertz CT molecular complexity index is 888. The number of para-hydroxylation sites is 1. The molecule has 0 saturated heterocycles. The maximum atomic E-state index is 12.5. The number of nitrogens with one attached hydrogen (secondary N) is 1. The second-order valence-corrected chi connectivity index (χ2v) is 6.36. The van der Waals surface area contributed by atoms with Crippen molar-refractivity contribution >= 4 is 17.2 Å². The monoisotopic (exact) mass is 351 g/mol. The van der Waals surface area contributed by atoms with Crippen molar-refractivity contribution in [2.45, 2.75) is 27.2 Å². The highest BCUT2D eigenvalue weighted by atomic mass is 16.1. The minimum atomic E-state index is -0.125. The van der Waals surface area contributed by atoms with Gasteiger partial charge in [0.25, 0.3) is 5.91 Å². The van der Waals surface area contributed by atoms with Gasteiger partial charge in [-0.15, -0.1) is 0 Å². The minimum Gasteiger partial charge on any atom is -0.372 e. The van der Waals surface area contributed by atoms with E-state index in [9.17, 15) is 4.79 Å². The quantitative estimate of drug-likeness (QED) is 0.665. The van der Waals surface area contributed by atoms with Crippen LogP contribution in [0.5, 0.6) is 0 Å². The van der Waals surface area contributed by atoms with Crippen molar-refractivity contribution in [3.05, 3.63) is 59.5 Å². The molecular weight excluding hydrogens is 326 g/mol. The largest absolute Gasteiger partial charge is 0.372 e. The number of carbonyl (C=O) groups excluding carboxylic acids is 1. The standard InChI is InChI=1S/C20H25N5O/c1-4-24(17-9-6-5-7-10-17)12-8-11-21-20(26)18-14-22-25-16(3)13-15(2)23-19(18)25/h5-7,9-10,13-14H,4,8,11-12H2,1-3H3,(H,21,26). The van der Waals surface area contributed by atoms with Crippen molar-refractivity contribution in [2.24, 2.45) is 0 Å². The summed E-state index contributed by atoms with van der Waals surface area (Å²) in [6, 6.07) is 12.3. The molecule has 26 heavy (non-hydrogen) atoms. The van der Waals surface area contributed by atoms with Crippen LogP contribution < -0.4 is 10.2 Å². The van der Waals surface area contributed by atoms with Crippen LogP contribution in [0.4, 0.5) is 5.69 Å². The van der Waals surface area contributed by atoms with E-state index in [-0.39, 0.29) is 5.91 Å². The topological polar surface area (TPSA) is 62.5 Å². The number of hydrogen-bond acceptors (Lipinski definition) is 4. The zero-order chi connectivity index (χ0) is 18.5. The summed E-state index contributed by atoms with van der Waals surface area (Å²) in [5.74, 6) is -0.125. The van der Waals surface area contributed by atoms with E-state index < -0.39 is 0 Å². The molecule has 0 aliphatic rings. The lowest BCUT2D eigenvalue weighted by Crippen LogP contribution is -2.30. The molecule has 6 heteroatoms. The lowest BCUT2D eigenvalue weighted by Gasteiger charge is -2.23. The Balaban J connectivity index is 1.58. The molecule has 0 fully saturated rings. The first-order valence-electron chi connectivity index (χ1n) is 9.00. The number of carbonyl (C=O) groups is 1. The Morgan fingerprint density at radius 2 is 2.00 bits per heavy atom. The second-order valence-electron chi connectivity index (χ2n) is 6.36. The number of aryl methyl sites for hydroxylation is 2. The van der Waals surface area contributed by atoms with Crippen molar-refractivity contribution < 1.29 is 4.79 Å². The first-order chi connectivity index (χ1) is 12.6. The van der Waals surface area contributed by atoms with Gasteiger partial charge < -0.3 is 10.2 Å². The van der Waals surface area contributed by atoms with E-state index in [4.69, 9.17) is 0 Å². The smallest absolute Gasteiger partial charge is 0.256 e. The maximum absolute atomic E-state index is 12.5. The number of amides is 1. The summed E-state index contributed by atoms with van der Waals surface area (Å²) >= 11 is 0. The lowest BCUT2D eigenvalue weighted by atomic mass is 10.2. The predicted molar refractivity (Wildman–Crippen MR) is 104 cm³/mol. The Morgan fingerprint density at radius 1 is 1.23 bits per heavy atom. The summed E-state index contributed by atoms with van der Waals surface area (Å²) in [6.45, 7) is 8.47. The third-order valence-corrected chi connectivity index (χ3v) is 4.42. The predicted octanol–water partition coefficient (Wildman–Crippen LogP) is 2.99. The number of anilines is 1. The van der Waals surface area contributed by atoms with E-state index in [1.165, 1.54) is 5.69 Å². The summed E-state index contributed by atoms with van der Waals surface area (Å²) in [4.78, 5) is 19.3. The van der Waals surface area contributed by atoms with Gasteiger partial charge in [0.15, 0.2) is 5.65 Å². The highest BCUT2D eigenvalue weighted by molar-refractivity contribution is 5.99. The molecule has 0 saturated carbocycles.